The van der Waals surface area contributed by atoms with Crippen LogP contribution in [-0.2, 0) is 14.8 Å². The molecule has 0 unspecified atom stereocenters. The highest BCUT2D eigenvalue weighted by atomic mass is 32.2. The minimum atomic E-state index is -3.32. The Morgan fingerprint density at radius 1 is 1.35 bits per heavy atom. The fraction of sp³-hybridized carbons (Fsp3) is 0.462. The van der Waals surface area contributed by atoms with E-state index in [1.165, 1.54) is 7.05 Å². The molecule has 0 aliphatic heterocycles. The van der Waals surface area contributed by atoms with E-state index in [1.807, 2.05) is 6.92 Å². The van der Waals surface area contributed by atoms with Crippen LogP contribution >= 0.6 is 0 Å². The van der Waals surface area contributed by atoms with E-state index in [9.17, 15) is 13.2 Å². The standard InChI is InChI=1S/C13H20N2O4S/c1-4-11(15-20(3,17)18)10-7-5-6-8-12(10)19-9-13(16)14-2/h5-8,11,15H,4,9H2,1-3H3,(H,14,16)/t11-/m1/s1. The van der Waals surface area contributed by atoms with E-state index in [2.05, 4.69) is 10.0 Å². The van der Waals surface area contributed by atoms with Crippen molar-refractivity contribution in [2.75, 3.05) is 19.9 Å². The predicted octanol–water partition coefficient (Wildman–Crippen LogP) is 0.812. The van der Waals surface area contributed by atoms with Gasteiger partial charge in [0.2, 0.25) is 10.0 Å². The fourth-order valence-corrected chi connectivity index (χ4v) is 2.55. The van der Waals surface area contributed by atoms with Crippen LogP contribution in [0, 0.1) is 0 Å². The molecule has 0 aliphatic rings. The van der Waals surface area contributed by atoms with Crippen LogP contribution in [0.2, 0.25) is 0 Å². The van der Waals surface area contributed by atoms with E-state index in [1.54, 1.807) is 24.3 Å². The summed E-state index contributed by atoms with van der Waals surface area (Å²) in [5, 5.41) is 2.46. The maximum Gasteiger partial charge on any atom is 0.257 e. The number of carbonyl (C=O) groups excluding carboxylic acids is 1. The summed E-state index contributed by atoms with van der Waals surface area (Å²) in [5.41, 5.74) is 0.712. The third kappa shape index (κ3) is 5.18. The third-order valence-corrected chi connectivity index (χ3v) is 3.41. The van der Waals surface area contributed by atoms with Crippen molar-refractivity contribution in [1.82, 2.24) is 10.0 Å². The van der Waals surface area contributed by atoms with Crippen molar-refractivity contribution in [3.63, 3.8) is 0 Å². The number of likely N-dealkylation sites (N-methyl/N-ethyl adjacent to an activating group) is 1. The molecule has 0 saturated carbocycles. The van der Waals surface area contributed by atoms with Gasteiger partial charge in [0.25, 0.3) is 5.91 Å². The van der Waals surface area contributed by atoms with Gasteiger partial charge in [-0.15, -0.1) is 0 Å². The van der Waals surface area contributed by atoms with Gasteiger partial charge in [-0.1, -0.05) is 25.1 Å². The van der Waals surface area contributed by atoms with Gasteiger partial charge in [-0.25, -0.2) is 13.1 Å². The maximum atomic E-state index is 11.4. The second-order valence-electron chi connectivity index (χ2n) is 4.35. The molecule has 0 bridgehead atoms. The van der Waals surface area contributed by atoms with Crippen molar-refractivity contribution in [3.05, 3.63) is 29.8 Å². The van der Waals surface area contributed by atoms with Gasteiger partial charge in [-0.3, -0.25) is 4.79 Å². The first-order valence-corrected chi connectivity index (χ1v) is 8.16. The van der Waals surface area contributed by atoms with Crippen LogP contribution in [0.4, 0.5) is 0 Å². The highest BCUT2D eigenvalue weighted by Crippen LogP contribution is 2.27. The highest BCUT2D eigenvalue weighted by molar-refractivity contribution is 7.88. The number of hydrogen-bond donors (Lipinski definition) is 2. The summed E-state index contributed by atoms with van der Waals surface area (Å²) in [6, 6.07) is 6.69. The number of carbonyl (C=O) groups is 1. The number of nitrogens with one attached hydrogen (secondary N) is 2. The molecular formula is C13H20N2O4S. The lowest BCUT2D eigenvalue weighted by Gasteiger charge is -2.19. The quantitative estimate of drug-likeness (QED) is 0.780. The molecule has 0 heterocycles. The molecule has 0 radical (unpaired) electrons. The van der Waals surface area contributed by atoms with Crippen LogP contribution in [0.25, 0.3) is 0 Å². The summed E-state index contributed by atoms with van der Waals surface area (Å²) in [4.78, 5) is 11.2. The Balaban J connectivity index is 2.95. The SMILES string of the molecule is CC[C@@H](NS(C)(=O)=O)c1ccccc1OCC(=O)NC. The van der Waals surface area contributed by atoms with Gasteiger partial charge in [0.05, 0.1) is 12.3 Å². The van der Waals surface area contributed by atoms with E-state index in [4.69, 9.17) is 4.74 Å². The maximum absolute atomic E-state index is 11.4. The average molecular weight is 300 g/mol. The van der Waals surface area contributed by atoms with Crippen LogP contribution < -0.4 is 14.8 Å². The molecule has 0 spiro atoms. The van der Waals surface area contributed by atoms with Crippen LogP contribution in [0.15, 0.2) is 24.3 Å². The summed E-state index contributed by atoms with van der Waals surface area (Å²) >= 11 is 0. The first kappa shape index (κ1) is 16.5. The van der Waals surface area contributed by atoms with E-state index >= 15 is 0 Å². The van der Waals surface area contributed by atoms with Gasteiger partial charge in [0, 0.05) is 12.6 Å². The molecule has 0 aliphatic carbocycles. The molecule has 6 nitrogen and oxygen atoms in total. The molecule has 1 atom stereocenters. The minimum Gasteiger partial charge on any atom is -0.483 e. The minimum absolute atomic E-state index is 0.108. The average Bonchev–Trinajstić information content (AvgIpc) is 2.41. The van der Waals surface area contributed by atoms with Crippen LogP contribution in [0.1, 0.15) is 24.9 Å². The van der Waals surface area contributed by atoms with Crippen molar-refractivity contribution in [2.24, 2.45) is 0 Å². The fourth-order valence-electron chi connectivity index (χ4n) is 1.74. The predicted molar refractivity (Wildman–Crippen MR) is 77.0 cm³/mol. The zero-order chi connectivity index (χ0) is 15.2. The van der Waals surface area contributed by atoms with Crippen molar-refractivity contribution >= 4 is 15.9 Å². The Bertz CT molecular complexity index is 557. The number of amides is 1. The van der Waals surface area contributed by atoms with Gasteiger partial charge in [-0.05, 0) is 12.5 Å². The molecule has 112 valence electrons. The zero-order valence-electron chi connectivity index (χ0n) is 11.8. The van der Waals surface area contributed by atoms with Gasteiger partial charge in [0.15, 0.2) is 6.61 Å². The Morgan fingerprint density at radius 3 is 2.55 bits per heavy atom. The second kappa shape index (κ2) is 7.25. The molecule has 1 rings (SSSR count). The molecule has 0 fully saturated rings. The highest BCUT2D eigenvalue weighted by Gasteiger charge is 2.18. The third-order valence-electron chi connectivity index (χ3n) is 2.70. The second-order valence-corrected chi connectivity index (χ2v) is 6.13. The molecule has 0 saturated heterocycles. The topological polar surface area (TPSA) is 84.5 Å². The van der Waals surface area contributed by atoms with Crippen LogP contribution in [0.3, 0.4) is 0 Å². The molecule has 2 N–H and O–H groups in total. The number of benzene rings is 1. The zero-order valence-corrected chi connectivity index (χ0v) is 12.7. The molecule has 7 heteroatoms. The van der Waals surface area contributed by atoms with Crippen molar-refractivity contribution in [3.8, 4) is 5.75 Å². The summed E-state index contributed by atoms with van der Waals surface area (Å²) in [5.74, 6) is 0.253. The summed E-state index contributed by atoms with van der Waals surface area (Å²) < 4.78 is 30.8. The largest absolute Gasteiger partial charge is 0.483 e. The number of rotatable bonds is 7. The number of hydrogen-bond acceptors (Lipinski definition) is 4. The van der Waals surface area contributed by atoms with Gasteiger partial charge in [-0.2, -0.15) is 0 Å². The number of para-hydroxylation sites is 1. The van der Waals surface area contributed by atoms with E-state index in [0.717, 1.165) is 6.26 Å². The summed E-state index contributed by atoms with van der Waals surface area (Å²) in [6.45, 7) is 1.77. The lowest BCUT2D eigenvalue weighted by atomic mass is 10.0. The Kier molecular flexibility index (Phi) is 5.97. The number of ether oxygens (including phenoxy) is 1. The monoisotopic (exact) mass is 300 g/mol. The van der Waals surface area contributed by atoms with Crippen LogP contribution in [0.5, 0.6) is 5.75 Å². The van der Waals surface area contributed by atoms with E-state index < -0.39 is 10.0 Å². The smallest absolute Gasteiger partial charge is 0.257 e. The van der Waals surface area contributed by atoms with E-state index in [-0.39, 0.29) is 18.6 Å². The van der Waals surface area contributed by atoms with Crippen molar-refractivity contribution in [2.45, 2.75) is 19.4 Å². The lowest BCUT2D eigenvalue weighted by molar-refractivity contribution is -0.122. The Morgan fingerprint density at radius 2 is 2.00 bits per heavy atom. The molecule has 1 amide bonds. The summed E-state index contributed by atoms with van der Waals surface area (Å²) in [6.07, 6.45) is 1.69. The van der Waals surface area contributed by atoms with E-state index in [0.29, 0.717) is 17.7 Å². The first-order chi connectivity index (χ1) is 9.37. The normalized spacial score (nSPS) is 12.8. The van der Waals surface area contributed by atoms with Crippen LogP contribution in [-0.4, -0.2) is 34.2 Å². The van der Waals surface area contributed by atoms with Crippen molar-refractivity contribution < 1.29 is 17.9 Å². The lowest BCUT2D eigenvalue weighted by Crippen LogP contribution is -2.28. The molecule has 1 aromatic rings. The molecular weight excluding hydrogens is 280 g/mol. The Labute approximate surface area is 119 Å². The first-order valence-electron chi connectivity index (χ1n) is 6.27. The van der Waals surface area contributed by atoms with Gasteiger partial charge < -0.3 is 10.1 Å². The summed E-state index contributed by atoms with van der Waals surface area (Å²) in [7, 11) is -1.80. The number of sulfonamides is 1. The Hall–Kier alpha value is -1.60. The van der Waals surface area contributed by atoms with Gasteiger partial charge in [0.1, 0.15) is 5.75 Å². The molecule has 0 aromatic heterocycles. The molecule has 1 aromatic carbocycles. The molecule has 20 heavy (non-hydrogen) atoms. The van der Waals surface area contributed by atoms with Gasteiger partial charge >= 0.3 is 0 Å². The van der Waals surface area contributed by atoms with Crippen molar-refractivity contribution in [1.29, 1.82) is 0 Å².